The Morgan fingerprint density at radius 3 is 2.20 bits per heavy atom. The summed E-state index contributed by atoms with van der Waals surface area (Å²) in [6.45, 7) is 0. The summed E-state index contributed by atoms with van der Waals surface area (Å²) < 4.78 is 30.2. The zero-order valence-corrected chi connectivity index (χ0v) is 8.68. The summed E-state index contributed by atoms with van der Waals surface area (Å²) in [5.41, 5.74) is 11.6. The third-order valence-electron chi connectivity index (χ3n) is 1.88. The van der Waals surface area contributed by atoms with Gasteiger partial charge in [0.1, 0.15) is 0 Å². The van der Waals surface area contributed by atoms with E-state index < -0.39 is 10.1 Å². The van der Waals surface area contributed by atoms with Gasteiger partial charge in [-0.3, -0.25) is 4.55 Å². The van der Waals surface area contributed by atoms with Crippen LogP contribution in [0.15, 0.2) is 41.4 Å². The lowest BCUT2D eigenvalue weighted by atomic mass is 10.1. The van der Waals surface area contributed by atoms with Crippen molar-refractivity contribution in [3.63, 3.8) is 0 Å². The second-order valence-corrected chi connectivity index (χ2v) is 4.38. The van der Waals surface area contributed by atoms with Crippen LogP contribution in [-0.2, 0) is 10.1 Å². The standard InChI is InChI=1S/C9H12N2O3S/c10-6-5-9(11)7-1-3-8(4-2-7)15(12,13)14/h1-6,9H,10-11H2,(H,12,13,14). The first-order chi connectivity index (χ1) is 6.95. The highest BCUT2D eigenvalue weighted by molar-refractivity contribution is 7.85. The van der Waals surface area contributed by atoms with Gasteiger partial charge in [0.25, 0.3) is 10.1 Å². The SMILES string of the molecule is NC=CC(N)c1ccc(S(=O)(=O)O)cc1. The average Bonchev–Trinajstić information content (AvgIpc) is 2.17. The Bertz CT molecular complexity index is 451. The smallest absolute Gasteiger partial charge is 0.294 e. The molecular formula is C9H12N2O3S. The van der Waals surface area contributed by atoms with Crippen LogP contribution in [0.1, 0.15) is 11.6 Å². The molecule has 15 heavy (non-hydrogen) atoms. The zero-order chi connectivity index (χ0) is 11.5. The van der Waals surface area contributed by atoms with Gasteiger partial charge in [0.05, 0.1) is 4.90 Å². The lowest BCUT2D eigenvalue weighted by molar-refractivity contribution is 0.483. The normalized spacial score (nSPS) is 14.3. The fourth-order valence-corrected chi connectivity index (χ4v) is 1.57. The summed E-state index contributed by atoms with van der Waals surface area (Å²) in [5.74, 6) is 0. The molecule has 0 heterocycles. The van der Waals surface area contributed by atoms with Gasteiger partial charge < -0.3 is 11.5 Å². The predicted molar refractivity (Wildman–Crippen MR) is 56.5 cm³/mol. The quantitative estimate of drug-likeness (QED) is 0.649. The van der Waals surface area contributed by atoms with Crippen LogP contribution in [0.2, 0.25) is 0 Å². The topological polar surface area (TPSA) is 106 Å². The van der Waals surface area contributed by atoms with Gasteiger partial charge in [-0.05, 0) is 30.0 Å². The first-order valence-corrected chi connectivity index (χ1v) is 5.60. The molecule has 0 radical (unpaired) electrons. The molecule has 0 aromatic heterocycles. The molecule has 1 rings (SSSR count). The van der Waals surface area contributed by atoms with E-state index in [0.717, 1.165) is 0 Å². The second-order valence-electron chi connectivity index (χ2n) is 2.95. The van der Waals surface area contributed by atoms with Crippen LogP contribution in [0.4, 0.5) is 0 Å². The van der Waals surface area contributed by atoms with Crippen LogP contribution < -0.4 is 11.5 Å². The summed E-state index contributed by atoms with van der Waals surface area (Å²) >= 11 is 0. The molecule has 1 aromatic carbocycles. The highest BCUT2D eigenvalue weighted by Crippen LogP contribution is 2.15. The second kappa shape index (κ2) is 4.43. The van der Waals surface area contributed by atoms with Crippen molar-refractivity contribution in [1.29, 1.82) is 0 Å². The van der Waals surface area contributed by atoms with Gasteiger partial charge in [0.15, 0.2) is 0 Å². The Balaban J connectivity index is 3.00. The number of rotatable bonds is 3. The van der Waals surface area contributed by atoms with Gasteiger partial charge >= 0.3 is 0 Å². The molecule has 0 saturated heterocycles. The first-order valence-electron chi connectivity index (χ1n) is 4.16. The van der Waals surface area contributed by atoms with E-state index in [2.05, 4.69) is 0 Å². The monoisotopic (exact) mass is 228 g/mol. The molecule has 1 atom stereocenters. The molecule has 5 N–H and O–H groups in total. The highest BCUT2D eigenvalue weighted by atomic mass is 32.2. The van der Waals surface area contributed by atoms with E-state index in [0.29, 0.717) is 5.56 Å². The van der Waals surface area contributed by atoms with Crippen molar-refractivity contribution in [2.45, 2.75) is 10.9 Å². The molecule has 6 heteroatoms. The van der Waals surface area contributed by atoms with E-state index in [-0.39, 0.29) is 10.9 Å². The number of hydrogen-bond acceptors (Lipinski definition) is 4. The lowest BCUT2D eigenvalue weighted by Crippen LogP contribution is -2.08. The van der Waals surface area contributed by atoms with Crippen molar-refractivity contribution >= 4 is 10.1 Å². The third kappa shape index (κ3) is 3.05. The summed E-state index contributed by atoms with van der Waals surface area (Å²) in [5, 5.41) is 0. The number of hydrogen-bond donors (Lipinski definition) is 3. The van der Waals surface area contributed by atoms with Gasteiger partial charge in [-0.1, -0.05) is 12.1 Å². The molecule has 0 bridgehead atoms. The molecule has 0 aliphatic heterocycles. The Morgan fingerprint density at radius 1 is 1.27 bits per heavy atom. The maximum absolute atomic E-state index is 10.7. The molecular weight excluding hydrogens is 216 g/mol. The van der Waals surface area contributed by atoms with Crippen molar-refractivity contribution in [3.05, 3.63) is 42.1 Å². The van der Waals surface area contributed by atoms with E-state index in [1.54, 1.807) is 6.08 Å². The van der Waals surface area contributed by atoms with E-state index in [1.165, 1.54) is 30.5 Å². The van der Waals surface area contributed by atoms with Crippen molar-refractivity contribution < 1.29 is 13.0 Å². The zero-order valence-electron chi connectivity index (χ0n) is 7.87. The minimum absolute atomic E-state index is 0.157. The summed E-state index contributed by atoms with van der Waals surface area (Å²) in [6.07, 6.45) is 2.89. The van der Waals surface area contributed by atoms with Gasteiger partial charge in [-0.15, -0.1) is 0 Å². The van der Waals surface area contributed by atoms with Crippen molar-refractivity contribution in [2.75, 3.05) is 0 Å². The largest absolute Gasteiger partial charge is 0.405 e. The Labute approximate surface area is 88.1 Å². The van der Waals surface area contributed by atoms with Crippen molar-refractivity contribution in [1.82, 2.24) is 0 Å². The van der Waals surface area contributed by atoms with Crippen LogP contribution >= 0.6 is 0 Å². The third-order valence-corrected chi connectivity index (χ3v) is 2.75. The molecule has 5 nitrogen and oxygen atoms in total. The molecule has 0 saturated carbocycles. The average molecular weight is 228 g/mol. The highest BCUT2D eigenvalue weighted by Gasteiger charge is 2.09. The van der Waals surface area contributed by atoms with Crippen LogP contribution in [-0.4, -0.2) is 13.0 Å². The van der Waals surface area contributed by atoms with Crippen LogP contribution in [0.25, 0.3) is 0 Å². The van der Waals surface area contributed by atoms with E-state index >= 15 is 0 Å². The molecule has 0 aliphatic carbocycles. The van der Waals surface area contributed by atoms with Crippen LogP contribution in [0.5, 0.6) is 0 Å². The van der Waals surface area contributed by atoms with Gasteiger partial charge in [0, 0.05) is 6.04 Å². The van der Waals surface area contributed by atoms with E-state index in [4.69, 9.17) is 16.0 Å². The Morgan fingerprint density at radius 2 is 1.80 bits per heavy atom. The molecule has 0 fully saturated rings. The van der Waals surface area contributed by atoms with Crippen LogP contribution in [0, 0.1) is 0 Å². The molecule has 82 valence electrons. The van der Waals surface area contributed by atoms with Crippen molar-refractivity contribution in [3.8, 4) is 0 Å². The maximum Gasteiger partial charge on any atom is 0.294 e. The predicted octanol–water partition coefficient (Wildman–Crippen LogP) is 0.406. The van der Waals surface area contributed by atoms with E-state index in [1.807, 2.05) is 0 Å². The summed E-state index contributed by atoms with van der Waals surface area (Å²) in [7, 11) is -4.14. The van der Waals surface area contributed by atoms with Gasteiger partial charge in [-0.2, -0.15) is 8.42 Å². The molecule has 1 aromatic rings. The molecule has 1 unspecified atom stereocenters. The van der Waals surface area contributed by atoms with E-state index in [9.17, 15) is 8.42 Å². The lowest BCUT2D eigenvalue weighted by Gasteiger charge is -2.06. The fourth-order valence-electron chi connectivity index (χ4n) is 1.09. The van der Waals surface area contributed by atoms with Gasteiger partial charge in [0.2, 0.25) is 0 Å². The minimum Gasteiger partial charge on any atom is -0.405 e. The fraction of sp³-hybridized carbons (Fsp3) is 0.111. The Kier molecular flexibility index (Phi) is 3.46. The molecule has 0 aliphatic rings. The maximum atomic E-state index is 10.7. The first kappa shape index (κ1) is 11.7. The van der Waals surface area contributed by atoms with Crippen LogP contribution in [0.3, 0.4) is 0 Å². The van der Waals surface area contributed by atoms with Gasteiger partial charge in [-0.25, -0.2) is 0 Å². The summed E-state index contributed by atoms with van der Waals surface area (Å²) in [6, 6.07) is 5.23. The Hall–Kier alpha value is -1.37. The molecule has 0 amide bonds. The minimum atomic E-state index is -4.14. The summed E-state index contributed by atoms with van der Waals surface area (Å²) in [4.78, 5) is -0.157. The number of nitrogens with two attached hydrogens (primary N) is 2. The molecule has 0 spiro atoms. The number of benzene rings is 1. The van der Waals surface area contributed by atoms with Crippen molar-refractivity contribution in [2.24, 2.45) is 11.5 Å².